The normalized spacial score (nSPS) is 19.7. The Morgan fingerprint density at radius 3 is 2.48 bits per heavy atom. The average Bonchev–Trinajstić information content (AvgIpc) is 2.86. The Balaban J connectivity index is 1.65. The van der Waals surface area contributed by atoms with Gasteiger partial charge in [0.05, 0.1) is 23.7 Å². The van der Waals surface area contributed by atoms with Crippen molar-refractivity contribution in [3.63, 3.8) is 0 Å². The number of nitrogens with zero attached hydrogens (tertiary/aromatic N) is 3. The molecule has 5 heteroatoms. The van der Waals surface area contributed by atoms with Crippen molar-refractivity contribution in [1.29, 1.82) is 0 Å². The molecule has 0 N–H and O–H groups in total. The SMILES string of the molecule is Cc1ccc(N2C(=O)c3cccnc3[C@@H]2CC(=O)N2CCCCCC2)cc1. The van der Waals surface area contributed by atoms with Crippen LogP contribution in [0.3, 0.4) is 0 Å². The summed E-state index contributed by atoms with van der Waals surface area (Å²) >= 11 is 0. The first-order chi connectivity index (χ1) is 13.1. The maximum absolute atomic E-state index is 13.1. The Hall–Kier alpha value is -2.69. The molecule has 0 spiro atoms. The van der Waals surface area contributed by atoms with Gasteiger partial charge in [-0.2, -0.15) is 0 Å². The number of likely N-dealkylation sites (tertiary alicyclic amines) is 1. The third-order valence-electron chi connectivity index (χ3n) is 5.55. The zero-order valence-corrected chi connectivity index (χ0v) is 15.7. The van der Waals surface area contributed by atoms with Gasteiger partial charge in [0.25, 0.3) is 5.91 Å². The number of benzene rings is 1. The number of amides is 2. The zero-order chi connectivity index (χ0) is 18.8. The van der Waals surface area contributed by atoms with Gasteiger partial charge in [0, 0.05) is 25.0 Å². The van der Waals surface area contributed by atoms with Gasteiger partial charge < -0.3 is 4.90 Å². The minimum Gasteiger partial charge on any atom is -0.343 e. The molecule has 27 heavy (non-hydrogen) atoms. The lowest BCUT2D eigenvalue weighted by Crippen LogP contribution is -2.36. The fraction of sp³-hybridized carbons (Fsp3) is 0.409. The molecule has 2 aliphatic heterocycles. The largest absolute Gasteiger partial charge is 0.343 e. The van der Waals surface area contributed by atoms with Crippen molar-refractivity contribution in [3.05, 3.63) is 59.4 Å². The van der Waals surface area contributed by atoms with Crippen LogP contribution in [-0.4, -0.2) is 34.8 Å². The predicted octanol–water partition coefficient (Wildman–Crippen LogP) is 3.88. The van der Waals surface area contributed by atoms with E-state index < -0.39 is 0 Å². The molecule has 1 aromatic carbocycles. The van der Waals surface area contributed by atoms with Crippen LogP contribution in [0.1, 0.15) is 59.8 Å². The van der Waals surface area contributed by atoms with Gasteiger partial charge in [-0.3, -0.25) is 19.5 Å². The molecule has 0 radical (unpaired) electrons. The van der Waals surface area contributed by atoms with Crippen LogP contribution >= 0.6 is 0 Å². The van der Waals surface area contributed by atoms with E-state index in [0.717, 1.165) is 37.2 Å². The van der Waals surface area contributed by atoms with Crippen molar-refractivity contribution in [2.24, 2.45) is 0 Å². The molecule has 2 aromatic rings. The van der Waals surface area contributed by atoms with E-state index in [0.29, 0.717) is 11.3 Å². The molecule has 1 aromatic heterocycles. The summed E-state index contributed by atoms with van der Waals surface area (Å²) in [5.41, 5.74) is 3.27. The molecule has 3 heterocycles. The number of hydrogen-bond donors (Lipinski definition) is 0. The number of fused-ring (bicyclic) bond motifs is 1. The van der Waals surface area contributed by atoms with Crippen LogP contribution in [0.2, 0.25) is 0 Å². The first-order valence-corrected chi connectivity index (χ1v) is 9.78. The molecule has 1 saturated heterocycles. The van der Waals surface area contributed by atoms with Crippen LogP contribution in [0.15, 0.2) is 42.6 Å². The fourth-order valence-corrected chi connectivity index (χ4v) is 4.06. The highest BCUT2D eigenvalue weighted by Crippen LogP contribution is 2.38. The summed E-state index contributed by atoms with van der Waals surface area (Å²) in [5, 5.41) is 0. The van der Waals surface area contributed by atoms with Crippen molar-refractivity contribution in [2.45, 2.75) is 45.1 Å². The Morgan fingerprint density at radius 1 is 1.07 bits per heavy atom. The van der Waals surface area contributed by atoms with Crippen molar-refractivity contribution >= 4 is 17.5 Å². The van der Waals surface area contributed by atoms with E-state index in [9.17, 15) is 9.59 Å². The molecular formula is C22H25N3O2. The highest BCUT2D eigenvalue weighted by atomic mass is 16.2. The molecule has 0 aliphatic carbocycles. The number of carbonyl (C=O) groups excluding carboxylic acids is 2. The molecule has 1 fully saturated rings. The quantitative estimate of drug-likeness (QED) is 0.831. The van der Waals surface area contributed by atoms with Crippen LogP contribution in [0.5, 0.6) is 0 Å². The van der Waals surface area contributed by atoms with Gasteiger partial charge in [-0.25, -0.2) is 0 Å². The van der Waals surface area contributed by atoms with Crippen molar-refractivity contribution in [3.8, 4) is 0 Å². The molecule has 0 saturated carbocycles. The van der Waals surface area contributed by atoms with Crippen LogP contribution in [0, 0.1) is 6.92 Å². The molecule has 0 unspecified atom stereocenters. The van der Waals surface area contributed by atoms with Crippen LogP contribution < -0.4 is 4.90 Å². The number of carbonyl (C=O) groups is 2. The minimum absolute atomic E-state index is 0.0735. The van der Waals surface area contributed by atoms with Gasteiger partial charge in [-0.1, -0.05) is 30.5 Å². The van der Waals surface area contributed by atoms with Crippen LogP contribution in [0.4, 0.5) is 5.69 Å². The standard InChI is InChI=1S/C22H25N3O2/c1-16-8-10-17(11-9-16)25-19(21-18(22(25)27)7-6-12-23-21)15-20(26)24-13-4-2-3-5-14-24/h6-12,19H,2-5,13-15H2,1H3/t19-/m0/s1. The van der Waals surface area contributed by atoms with Crippen molar-refractivity contribution < 1.29 is 9.59 Å². The summed E-state index contributed by atoms with van der Waals surface area (Å²) in [6, 6.07) is 11.1. The Labute approximate surface area is 160 Å². The molecule has 2 aliphatic rings. The zero-order valence-electron chi connectivity index (χ0n) is 15.7. The lowest BCUT2D eigenvalue weighted by Gasteiger charge is -2.27. The number of pyridine rings is 1. The molecule has 2 amide bonds. The van der Waals surface area contributed by atoms with Gasteiger partial charge in [0.15, 0.2) is 0 Å². The molecule has 0 bridgehead atoms. The summed E-state index contributed by atoms with van der Waals surface area (Å²) in [7, 11) is 0. The first-order valence-electron chi connectivity index (χ1n) is 9.78. The van der Waals surface area contributed by atoms with Gasteiger partial charge >= 0.3 is 0 Å². The number of aromatic nitrogens is 1. The number of anilines is 1. The summed E-state index contributed by atoms with van der Waals surface area (Å²) in [4.78, 5) is 34.3. The third-order valence-corrected chi connectivity index (χ3v) is 5.55. The first kappa shape index (κ1) is 17.7. The summed E-state index contributed by atoms with van der Waals surface area (Å²) < 4.78 is 0. The van der Waals surface area contributed by atoms with E-state index in [1.54, 1.807) is 17.2 Å². The Kier molecular flexibility index (Phi) is 4.92. The van der Waals surface area contributed by atoms with E-state index in [1.165, 1.54) is 12.8 Å². The van der Waals surface area contributed by atoms with Gasteiger partial charge in [0.2, 0.25) is 5.91 Å². The van der Waals surface area contributed by atoms with E-state index in [-0.39, 0.29) is 24.3 Å². The second kappa shape index (κ2) is 7.51. The molecular weight excluding hydrogens is 338 g/mol. The summed E-state index contributed by atoms with van der Waals surface area (Å²) in [6.45, 7) is 3.66. The number of hydrogen-bond acceptors (Lipinski definition) is 3. The Morgan fingerprint density at radius 2 is 1.78 bits per heavy atom. The average molecular weight is 363 g/mol. The van der Waals surface area contributed by atoms with Gasteiger partial charge in [0.1, 0.15) is 0 Å². The lowest BCUT2D eigenvalue weighted by atomic mass is 10.1. The van der Waals surface area contributed by atoms with E-state index in [2.05, 4.69) is 4.98 Å². The second-order valence-corrected chi connectivity index (χ2v) is 7.46. The van der Waals surface area contributed by atoms with Crippen molar-refractivity contribution in [2.75, 3.05) is 18.0 Å². The minimum atomic E-state index is -0.341. The molecule has 1 atom stereocenters. The fourth-order valence-electron chi connectivity index (χ4n) is 4.06. The maximum atomic E-state index is 13.1. The van der Waals surface area contributed by atoms with Crippen LogP contribution in [-0.2, 0) is 4.79 Å². The smallest absolute Gasteiger partial charge is 0.260 e. The lowest BCUT2D eigenvalue weighted by molar-refractivity contribution is -0.131. The summed E-state index contributed by atoms with van der Waals surface area (Å²) in [6.07, 6.45) is 6.48. The highest BCUT2D eigenvalue weighted by Gasteiger charge is 2.40. The molecule has 140 valence electrons. The van der Waals surface area contributed by atoms with E-state index >= 15 is 0 Å². The van der Waals surface area contributed by atoms with E-state index in [4.69, 9.17) is 0 Å². The Bertz CT molecular complexity index is 839. The second-order valence-electron chi connectivity index (χ2n) is 7.46. The molecule has 5 nitrogen and oxygen atoms in total. The summed E-state index contributed by atoms with van der Waals surface area (Å²) in [5.74, 6) is 0.0425. The highest BCUT2D eigenvalue weighted by molar-refractivity contribution is 6.11. The number of rotatable bonds is 3. The van der Waals surface area contributed by atoms with E-state index in [1.807, 2.05) is 42.2 Å². The van der Waals surface area contributed by atoms with Gasteiger partial charge in [-0.15, -0.1) is 0 Å². The van der Waals surface area contributed by atoms with Crippen LogP contribution in [0.25, 0.3) is 0 Å². The van der Waals surface area contributed by atoms with Crippen molar-refractivity contribution in [1.82, 2.24) is 9.88 Å². The topological polar surface area (TPSA) is 53.5 Å². The predicted molar refractivity (Wildman–Crippen MR) is 105 cm³/mol. The number of aryl methyl sites for hydroxylation is 1. The maximum Gasteiger partial charge on any atom is 0.260 e. The third kappa shape index (κ3) is 3.46. The molecule has 4 rings (SSSR count). The monoisotopic (exact) mass is 363 g/mol. The van der Waals surface area contributed by atoms with Gasteiger partial charge in [-0.05, 0) is 44.0 Å².